The molecular formula is C17H19F2N5O4S2. The lowest BCUT2D eigenvalue weighted by atomic mass is 10.0. The first-order valence-corrected chi connectivity index (χ1v) is 11.2. The summed E-state index contributed by atoms with van der Waals surface area (Å²) >= 11 is 1.04. The lowest BCUT2D eigenvalue weighted by Crippen LogP contribution is -2.32. The van der Waals surface area contributed by atoms with Crippen LogP contribution in [0.3, 0.4) is 0 Å². The van der Waals surface area contributed by atoms with Crippen molar-refractivity contribution in [1.29, 1.82) is 0 Å². The minimum Gasteiger partial charge on any atom is -0.414 e. The molecule has 0 aliphatic rings. The van der Waals surface area contributed by atoms with Crippen LogP contribution in [0.4, 0.5) is 14.6 Å². The third kappa shape index (κ3) is 4.79. The Labute approximate surface area is 175 Å². The van der Waals surface area contributed by atoms with Crippen molar-refractivity contribution < 1.29 is 26.7 Å². The number of aromatic nitrogens is 4. The van der Waals surface area contributed by atoms with E-state index in [9.17, 15) is 22.3 Å². The van der Waals surface area contributed by atoms with Crippen molar-refractivity contribution in [1.82, 2.24) is 20.2 Å². The Bertz CT molecular complexity index is 1110. The van der Waals surface area contributed by atoms with Gasteiger partial charge in [0, 0.05) is 11.8 Å². The topological polar surface area (TPSA) is 122 Å². The summed E-state index contributed by atoms with van der Waals surface area (Å²) in [5.41, 5.74) is -0.589. The second-order valence-electron chi connectivity index (χ2n) is 6.74. The van der Waals surface area contributed by atoms with Gasteiger partial charge < -0.3 is 9.52 Å². The van der Waals surface area contributed by atoms with Crippen molar-refractivity contribution in [3.63, 3.8) is 0 Å². The average molecular weight is 460 g/mol. The molecule has 0 saturated heterocycles. The second-order valence-corrected chi connectivity index (χ2v) is 10.0. The molecule has 0 aromatic carbocycles. The summed E-state index contributed by atoms with van der Waals surface area (Å²) in [4.78, 5) is 8.67. The highest BCUT2D eigenvalue weighted by Gasteiger charge is 2.25. The average Bonchev–Trinajstić information content (AvgIpc) is 3.35. The predicted molar refractivity (Wildman–Crippen MR) is 105 cm³/mol. The van der Waals surface area contributed by atoms with E-state index in [1.54, 1.807) is 19.9 Å². The zero-order valence-electron chi connectivity index (χ0n) is 16.3. The van der Waals surface area contributed by atoms with Gasteiger partial charge in [0.2, 0.25) is 10.0 Å². The fourth-order valence-corrected chi connectivity index (χ4v) is 4.33. The van der Waals surface area contributed by atoms with E-state index in [1.165, 1.54) is 25.4 Å². The Kier molecular flexibility index (Phi) is 6.15. The molecule has 3 aromatic heterocycles. The summed E-state index contributed by atoms with van der Waals surface area (Å²) in [5.74, 6) is -0.918. The van der Waals surface area contributed by atoms with Crippen molar-refractivity contribution in [2.24, 2.45) is 0 Å². The molecule has 0 fully saturated rings. The molecule has 0 spiro atoms. The Morgan fingerprint density at radius 1 is 1.23 bits per heavy atom. The van der Waals surface area contributed by atoms with Gasteiger partial charge >= 0.3 is 6.43 Å². The SMILES string of the molecule is CCS(=O)(=O)N(Cc1ncc(-c2nnc(C(F)F)o2)s1)c1ccc(C(C)(C)O)cn1. The Morgan fingerprint density at radius 2 is 1.97 bits per heavy atom. The van der Waals surface area contributed by atoms with Gasteiger partial charge in [0.25, 0.3) is 11.8 Å². The van der Waals surface area contributed by atoms with Crippen molar-refractivity contribution in [3.05, 3.63) is 41.0 Å². The van der Waals surface area contributed by atoms with E-state index in [1.807, 2.05) is 0 Å². The van der Waals surface area contributed by atoms with Gasteiger partial charge in [-0.3, -0.25) is 0 Å². The number of nitrogens with zero attached hydrogens (tertiary/aromatic N) is 5. The summed E-state index contributed by atoms with van der Waals surface area (Å²) in [6, 6.07) is 3.10. The molecule has 0 aliphatic carbocycles. The van der Waals surface area contributed by atoms with Crippen LogP contribution in [-0.2, 0) is 22.2 Å². The summed E-state index contributed by atoms with van der Waals surface area (Å²) < 4.78 is 56.5. The van der Waals surface area contributed by atoms with Crippen molar-refractivity contribution >= 4 is 27.2 Å². The van der Waals surface area contributed by atoms with Crippen LogP contribution in [0.2, 0.25) is 0 Å². The van der Waals surface area contributed by atoms with E-state index in [4.69, 9.17) is 4.42 Å². The fourth-order valence-electron chi connectivity index (χ4n) is 2.40. The highest BCUT2D eigenvalue weighted by Crippen LogP contribution is 2.30. The molecule has 0 amide bonds. The predicted octanol–water partition coefficient (Wildman–Crippen LogP) is 3.11. The van der Waals surface area contributed by atoms with Crippen molar-refractivity contribution in [3.8, 4) is 10.8 Å². The smallest absolute Gasteiger partial charge is 0.314 e. The second kappa shape index (κ2) is 8.32. The molecule has 0 unspecified atom stereocenters. The van der Waals surface area contributed by atoms with Crippen molar-refractivity contribution in [2.75, 3.05) is 10.1 Å². The van der Waals surface area contributed by atoms with Gasteiger partial charge in [-0.2, -0.15) is 8.78 Å². The van der Waals surface area contributed by atoms with Crippen LogP contribution in [0.25, 0.3) is 10.8 Å². The summed E-state index contributed by atoms with van der Waals surface area (Å²) in [6.45, 7) is 4.58. The van der Waals surface area contributed by atoms with Crippen LogP contribution < -0.4 is 4.31 Å². The van der Waals surface area contributed by atoms with E-state index >= 15 is 0 Å². The molecule has 0 radical (unpaired) electrons. The van der Waals surface area contributed by atoms with Crippen LogP contribution in [0.15, 0.2) is 28.9 Å². The summed E-state index contributed by atoms with van der Waals surface area (Å²) in [5, 5.41) is 17.3. The largest absolute Gasteiger partial charge is 0.414 e. The molecule has 0 aliphatic heterocycles. The number of rotatable bonds is 8. The number of sulfonamides is 1. The summed E-state index contributed by atoms with van der Waals surface area (Å²) in [7, 11) is -3.70. The van der Waals surface area contributed by atoms with Crippen LogP contribution in [0.5, 0.6) is 0 Å². The third-order valence-corrected chi connectivity index (χ3v) is 6.77. The number of anilines is 1. The quantitative estimate of drug-likeness (QED) is 0.545. The van der Waals surface area contributed by atoms with E-state index in [2.05, 4.69) is 20.2 Å². The van der Waals surface area contributed by atoms with Gasteiger partial charge in [0.1, 0.15) is 15.7 Å². The van der Waals surface area contributed by atoms with Crippen LogP contribution in [0, 0.1) is 0 Å². The fraction of sp³-hybridized carbons (Fsp3) is 0.412. The highest BCUT2D eigenvalue weighted by atomic mass is 32.2. The molecule has 0 bridgehead atoms. The number of halogens is 2. The van der Waals surface area contributed by atoms with E-state index in [0.29, 0.717) is 15.4 Å². The lowest BCUT2D eigenvalue weighted by Gasteiger charge is -2.23. The van der Waals surface area contributed by atoms with E-state index < -0.39 is 27.9 Å². The maximum atomic E-state index is 12.6. The number of pyridine rings is 1. The Morgan fingerprint density at radius 3 is 2.50 bits per heavy atom. The first kappa shape index (κ1) is 22.2. The molecule has 3 aromatic rings. The highest BCUT2D eigenvalue weighted by molar-refractivity contribution is 7.92. The minimum atomic E-state index is -3.70. The maximum Gasteiger partial charge on any atom is 0.314 e. The van der Waals surface area contributed by atoms with Crippen LogP contribution >= 0.6 is 11.3 Å². The molecule has 0 saturated carbocycles. The van der Waals surface area contributed by atoms with Crippen molar-refractivity contribution in [2.45, 2.75) is 39.3 Å². The molecule has 3 rings (SSSR count). The number of thiazole rings is 1. The van der Waals surface area contributed by atoms with Gasteiger partial charge in [0.15, 0.2) is 0 Å². The first-order valence-electron chi connectivity index (χ1n) is 8.77. The molecule has 3 heterocycles. The molecule has 1 N–H and O–H groups in total. The lowest BCUT2D eigenvalue weighted by molar-refractivity contribution is 0.0782. The molecule has 13 heteroatoms. The Hall–Kier alpha value is -2.51. The standard InChI is InChI=1S/C17H19F2N5O4S2/c1-4-30(26,27)24(12-6-5-10(7-20-12)17(2,3)25)9-13-21-8-11(29-13)15-22-23-16(28-15)14(18)19/h5-8,14,25H,4,9H2,1-3H3. The summed E-state index contributed by atoms with van der Waals surface area (Å²) in [6.07, 6.45) is -0.128. The normalized spacial score (nSPS) is 12.5. The van der Waals surface area contributed by atoms with Gasteiger partial charge in [-0.15, -0.1) is 21.5 Å². The van der Waals surface area contributed by atoms with Gasteiger partial charge in [-0.05, 0) is 26.8 Å². The number of aliphatic hydroxyl groups is 1. The van der Waals surface area contributed by atoms with Crippen LogP contribution in [0.1, 0.15) is 43.7 Å². The zero-order chi connectivity index (χ0) is 22.1. The van der Waals surface area contributed by atoms with E-state index in [-0.39, 0.29) is 24.0 Å². The van der Waals surface area contributed by atoms with Gasteiger partial charge in [-0.25, -0.2) is 22.7 Å². The molecule has 0 atom stereocenters. The number of hydrogen-bond donors (Lipinski definition) is 1. The molecule has 9 nitrogen and oxygen atoms in total. The molecule has 162 valence electrons. The third-order valence-electron chi connectivity index (χ3n) is 4.08. The zero-order valence-corrected chi connectivity index (χ0v) is 17.9. The van der Waals surface area contributed by atoms with Crippen LogP contribution in [-0.4, -0.2) is 39.4 Å². The molecular weight excluding hydrogens is 440 g/mol. The molecule has 30 heavy (non-hydrogen) atoms. The van der Waals surface area contributed by atoms with E-state index in [0.717, 1.165) is 15.6 Å². The Balaban J connectivity index is 1.89. The maximum absolute atomic E-state index is 12.6. The number of alkyl halides is 2. The van der Waals surface area contributed by atoms with Gasteiger partial charge in [0.05, 0.1) is 24.1 Å². The minimum absolute atomic E-state index is 0.119. The number of hydrogen-bond acceptors (Lipinski definition) is 9. The monoisotopic (exact) mass is 459 g/mol. The van der Waals surface area contributed by atoms with Gasteiger partial charge in [-0.1, -0.05) is 6.07 Å². The first-order chi connectivity index (χ1) is 14.0.